The van der Waals surface area contributed by atoms with Gasteiger partial charge >= 0.3 is 21.1 Å². The van der Waals surface area contributed by atoms with Gasteiger partial charge in [0.25, 0.3) is 0 Å². The van der Waals surface area contributed by atoms with Gasteiger partial charge in [-0.2, -0.15) is 0 Å². The van der Waals surface area contributed by atoms with Crippen LogP contribution < -0.4 is 15.7 Å². The van der Waals surface area contributed by atoms with Crippen LogP contribution >= 0.6 is 0 Å². The molecule has 0 saturated heterocycles. The number of Topliss-reactive ketones (excluding diaryl/α,β-unsaturated/α-hetero) is 2. The first-order valence-electron chi connectivity index (χ1n) is 48.5. The minimum Gasteiger partial charge on any atom is -0.678 e. The van der Waals surface area contributed by atoms with Crippen LogP contribution in [0.3, 0.4) is 0 Å². The van der Waals surface area contributed by atoms with Crippen molar-refractivity contribution in [2.75, 3.05) is 0 Å². The average Bonchev–Trinajstić information content (AvgIpc) is 1.74. The normalized spacial score (nSPS) is 14.1. The van der Waals surface area contributed by atoms with Gasteiger partial charge in [-0.25, -0.2) is 9.98 Å². The summed E-state index contributed by atoms with van der Waals surface area (Å²) in [6.45, 7) is 25.1. The first-order valence-corrected chi connectivity index (χ1v) is 48.5. The number of nitrogens with zero attached hydrogens (tertiary/aromatic N) is 9. The summed E-state index contributed by atoms with van der Waals surface area (Å²) in [5.41, 5.74) is 30.1. The van der Waals surface area contributed by atoms with E-state index in [1.165, 1.54) is 124 Å². The maximum absolute atomic E-state index is 11.0. The van der Waals surface area contributed by atoms with Gasteiger partial charge in [-0.05, 0) is 194 Å². The van der Waals surface area contributed by atoms with Crippen molar-refractivity contribution in [2.24, 2.45) is 15.9 Å². The molecule has 5 aliphatic rings. The molecule has 2 unspecified atom stereocenters. The number of aromatic nitrogens is 6. The van der Waals surface area contributed by atoms with Crippen molar-refractivity contribution in [3.63, 3.8) is 0 Å². The Morgan fingerprint density at radius 2 is 0.890 bits per heavy atom. The third-order valence-electron chi connectivity index (χ3n) is 24.4. The number of benzene rings is 10. The molecule has 4 radical (unpaired) electrons. The number of fused-ring (bicyclic) bond motifs is 11. The number of aliphatic imine (C=N–C) groups is 2. The summed E-state index contributed by atoms with van der Waals surface area (Å²) in [7, 11) is 0. The second-order valence-electron chi connectivity index (χ2n) is 34.2. The van der Waals surface area contributed by atoms with E-state index < -0.39 is 0 Å². The van der Waals surface area contributed by atoms with Crippen molar-refractivity contribution >= 4 is 90.2 Å². The second-order valence-corrected chi connectivity index (χ2v) is 34.2. The maximum Gasteiger partial charge on any atom is 2.00 e. The number of aliphatic hydroxyl groups is 3. The van der Waals surface area contributed by atoms with E-state index in [1.807, 2.05) is 182 Å². The molecule has 0 amide bonds. The van der Waals surface area contributed by atoms with Crippen LogP contribution in [0.1, 0.15) is 159 Å². The second kappa shape index (κ2) is 59.1. The molecule has 16 nitrogen and oxygen atoms in total. The van der Waals surface area contributed by atoms with E-state index >= 15 is 0 Å². The molecular weight excluding hydrogens is 2700 g/mol. The molecule has 20 rings (SSSR count). The van der Waals surface area contributed by atoms with Crippen LogP contribution in [-0.2, 0) is 134 Å². The Hall–Kier alpha value is -12.8. The quantitative estimate of drug-likeness (QED) is 0.0253. The molecule has 8 bridgehead atoms. The van der Waals surface area contributed by atoms with Gasteiger partial charge in [-0.3, -0.25) is 34.1 Å². The van der Waals surface area contributed by atoms with Crippen LogP contribution in [-0.4, -0.2) is 80.8 Å². The van der Waals surface area contributed by atoms with Gasteiger partial charge < -0.3 is 35.6 Å². The smallest absolute Gasteiger partial charge is 0.678 e. The topological polar surface area (TPSA) is 246 Å². The van der Waals surface area contributed by atoms with E-state index in [0.717, 1.165) is 163 Å². The van der Waals surface area contributed by atoms with Crippen LogP contribution in [0.5, 0.6) is 0 Å². The number of allylic oxidation sites excluding steroid dienone is 11. The van der Waals surface area contributed by atoms with Gasteiger partial charge in [-0.1, -0.05) is 261 Å². The number of para-hydroxylation sites is 3. The van der Waals surface area contributed by atoms with E-state index in [4.69, 9.17) is 50.6 Å². The zero-order chi connectivity index (χ0) is 99.9. The number of hydrogen-bond donors (Lipinski definition) is 3. The molecule has 4 aliphatic heterocycles. The predicted octanol–water partition coefficient (Wildman–Crippen LogP) is 28.4. The van der Waals surface area contributed by atoms with Crippen molar-refractivity contribution in [3.8, 4) is 67.4 Å². The van der Waals surface area contributed by atoms with Crippen LogP contribution in [0.15, 0.2) is 387 Å². The molecule has 146 heavy (non-hydrogen) atoms. The van der Waals surface area contributed by atoms with Gasteiger partial charge in [0.2, 0.25) is 0 Å². The fourth-order valence-corrected chi connectivity index (χ4v) is 18.1. The zero-order valence-corrected chi connectivity index (χ0v) is 96.0. The summed E-state index contributed by atoms with van der Waals surface area (Å²) in [5, 5.41) is 39.4. The standard InChI is InChI=1S/C36H46N4.C20H13N2.C19H12N.C17H12N.C15H10N.C8H10O3.2C5H8O2.4Ir.Pt/c1-9-21-22(10-2)30-18-32-25(13-5)26(14-6)34(39-32)20-36-28(16-8)27(15-7)35(40-36)19-33-24(12-4)23(11-3)31(38-33)17-29(21)37-30;1-3-9-15(10-4-1)19-20(16-11-5-2-6-12-16)22-18-14-8-7-13-17(18)21-19;1-2-8-14(9-3-1)19-17-12-5-4-10-15(17)16-11-6-7-13-18(16)20-19;1-2-7-14(8-3-1)15-9-6-10-16(13-15)17-11-4-5-12-18-17;1-2-7-13(8-3-1)15-14-9-5-4-6-12(14)10-11-16-15;1-5(9)8-6(10)3-2-4-7(8)11;2*1-4(6)3-5(2)7;;;;;/h17-21,29H,9-16H2,1-8H3;1-11,13-14H;1-8,10-13H;1-9,11-13H;1-7,9-11H;10H,2-4H2,1H3;2*3,6H,1-2H3;;;;;/q-2;4*-1;;;;;;;;+2. The van der Waals surface area contributed by atoms with Gasteiger partial charge in [0, 0.05) is 129 Å². The molecule has 3 N–H and O–H groups in total. The number of pyridine rings is 3. The Kier molecular flexibility index (Phi) is 48.0. The molecule has 756 valence electrons. The number of carbonyl (C=O) groups excluding carboxylic acids is 4. The number of hydrogen-bond acceptors (Lipinski definition) is 14. The molecule has 10 aromatic carbocycles. The summed E-state index contributed by atoms with van der Waals surface area (Å²) in [5.74, 6) is -0.303. The first-order chi connectivity index (χ1) is 68.6. The van der Waals surface area contributed by atoms with Gasteiger partial charge in [0.1, 0.15) is 5.76 Å². The van der Waals surface area contributed by atoms with E-state index in [2.05, 4.69) is 211 Å². The fourth-order valence-electron chi connectivity index (χ4n) is 18.1. The Bertz CT molecular complexity index is 7330. The molecule has 15 aromatic rings. The number of carbonyl (C=O) groups is 4. The average molecular weight is 2820 g/mol. The van der Waals surface area contributed by atoms with Gasteiger partial charge in [-0.15, -0.1) is 159 Å². The molecular formula is C125H119Ir4N9O7Pt-4. The monoisotopic (exact) mass is 2820 g/mol. The van der Waals surface area contributed by atoms with Crippen molar-refractivity contribution in [1.82, 2.24) is 29.9 Å². The molecule has 0 saturated carbocycles. The molecule has 0 fully saturated rings. The van der Waals surface area contributed by atoms with Crippen molar-refractivity contribution in [1.29, 1.82) is 0 Å². The van der Waals surface area contributed by atoms with Crippen molar-refractivity contribution in [3.05, 3.63) is 429 Å². The maximum atomic E-state index is 11.0. The van der Waals surface area contributed by atoms with Crippen LogP contribution in [0.4, 0.5) is 0 Å². The molecule has 9 heterocycles. The minimum atomic E-state index is -0.327. The molecule has 1 aliphatic carbocycles. The van der Waals surface area contributed by atoms with E-state index in [0.29, 0.717) is 25.2 Å². The number of ketones is 4. The molecule has 2 atom stereocenters. The van der Waals surface area contributed by atoms with Crippen molar-refractivity contribution in [2.45, 2.75) is 167 Å². The Balaban J connectivity index is 0.000000215. The Morgan fingerprint density at radius 1 is 0.418 bits per heavy atom. The Morgan fingerprint density at radius 3 is 1.38 bits per heavy atom. The van der Waals surface area contributed by atoms with Gasteiger partial charge in [0.15, 0.2) is 23.1 Å². The van der Waals surface area contributed by atoms with E-state index in [1.54, 1.807) is 6.20 Å². The largest absolute Gasteiger partial charge is 2.00 e. The zero-order valence-electron chi connectivity index (χ0n) is 84.2. The third-order valence-corrected chi connectivity index (χ3v) is 24.4. The summed E-state index contributed by atoms with van der Waals surface area (Å²) < 4.78 is 0. The van der Waals surface area contributed by atoms with Crippen LogP contribution in [0.2, 0.25) is 0 Å². The molecule has 0 spiro atoms. The first kappa shape index (κ1) is 118. The van der Waals surface area contributed by atoms with E-state index in [-0.39, 0.29) is 154 Å². The third kappa shape index (κ3) is 30.7. The predicted molar refractivity (Wildman–Crippen MR) is 577 cm³/mol. The Labute approximate surface area is 926 Å². The van der Waals surface area contributed by atoms with Crippen LogP contribution in [0.25, 0.3) is 128 Å². The van der Waals surface area contributed by atoms with Crippen molar-refractivity contribution < 1.29 is 136 Å². The van der Waals surface area contributed by atoms with Gasteiger partial charge in [0.05, 0.1) is 62.2 Å². The SMILES string of the molecule is CC(=O)C1=C(O)CCCC1=O.CC(=O)C=C(C)O.CC(=O)C=C(C)O.CCC1=C(CC)C2=NC1=CC1=C(CC)C(CC)C(C=C3N=C(C=c4[n-]c(c(CC)c4CC)=C2)C(CC)=C3CC)[N-]1.[Ir].[Ir].[Ir].[Ir].[Pt+2].[c-]1ccc(-c2ccccc2)cc1-c1ccccn1.[c-]1ccccc1-c1nc2ccccc2c2ccccc12.[c-]1ccccc1-c1nc2ccccc2nc1-c1ccccc1.[c-]1ccccc1-c1nccc2ccccc12. The summed E-state index contributed by atoms with van der Waals surface area (Å²) in [6, 6.07) is 104. The molecule has 5 aromatic heterocycles. The van der Waals surface area contributed by atoms with Crippen LogP contribution in [0, 0.1) is 30.2 Å². The number of rotatable bonds is 17. The summed E-state index contributed by atoms with van der Waals surface area (Å²) >= 11 is 0. The number of aliphatic hydroxyl groups excluding tert-OH is 3. The summed E-state index contributed by atoms with van der Waals surface area (Å²) in [6.07, 6.45) is 24.5. The minimum absolute atomic E-state index is 0. The fraction of sp³-hybridized carbons (Fsp3) is 0.208. The molecule has 21 heteroatoms. The summed E-state index contributed by atoms with van der Waals surface area (Å²) in [4.78, 5) is 81.0. The van der Waals surface area contributed by atoms with E-state index in [9.17, 15) is 19.2 Å².